The average molecular weight is 484 g/mol. The second-order valence-corrected chi connectivity index (χ2v) is 11.7. The Bertz CT molecular complexity index is 1080. The summed E-state index contributed by atoms with van der Waals surface area (Å²) >= 11 is 0. The Balaban J connectivity index is 0.989. The fourth-order valence-corrected chi connectivity index (χ4v) is 7.83. The van der Waals surface area contributed by atoms with Crippen LogP contribution in [0, 0.1) is 23.2 Å². The zero-order valence-electron chi connectivity index (χ0n) is 21.1. The maximum atomic E-state index is 13.0. The summed E-state index contributed by atoms with van der Waals surface area (Å²) in [6.45, 7) is 3.04. The van der Waals surface area contributed by atoms with Crippen LogP contribution in [0.2, 0.25) is 0 Å². The number of amides is 2. The molecule has 1 saturated heterocycles. The minimum absolute atomic E-state index is 0.0654. The van der Waals surface area contributed by atoms with E-state index in [1.165, 1.54) is 38.5 Å². The molecule has 1 aliphatic heterocycles. The predicted octanol–water partition coefficient (Wildman–Crippen LogP) is 5.59. The Kier molecular flexibility index (Phi) is 6.32. The lowest BCUT2D eigenvalue weighted by Crippen LogP contribution is -2.48. The van der Waals surface area contributed by atoms with Gasteiger partial charge in [0.05, 0.1) is 0 Å². The lowest BCUT2D eigenvalue weighted by Gasteiger charge is -2.56. The number of benzene rings is 2. The summed E-state index contributed by atoms with van der Waals surface area (Å²) in [4.78, 5) is 29.8. The van der Waals surface area contributed by atoms with E-state index in [-0.39, 0.29) is 17.2 Å². The first-order valence-corrected chi connectivity index (χ1v) is 13.7. The standard InChI is InChI=1S/C31H37N3O2/c35-29(22-31-19-24-16-25(20-31)18-26(17-24)21-31)32-27-7-9-28(10-8-27)33-12-14-34(15-13-33)30(36)11-6-23-4-2-1-3-5-23/h1-11,24-26H,12-22H2,(H,32,35)/b11-6+. The fraction of sp³-hybridized carbons (Fsp3) is 0.484. The molecule has 0 atom stereocenters. The van der Waals surface area contributed by atoms with E-state index in [9.17, 15) is 9.59 Å². The molecule has 0 radical (unpaired) electrons. The van der Waals surface area contributed by atoms with Gasteiger partial charge in [-0.1, -0.05) is 30.3 Å². The van der Waals surface area contributed by atoms with E-state index in [4.69, 9.17) is 0 Å². The minimum atomic E-state index is 0.0654. The van der Waals surface area contributed by atoms with Crippen molar-refractivity contribution in [2.45, 2.75) is 44.9 Å². The molecule has 4 aliphatic carbocycles. The second-order valence-electron chi connectivity index (χ2n) is 11.7. The van der Waals surface area contributed by atoms with Crippen molar-refractivity contribution in [3.63, 3.8) is 0 Å². The Morgan fingerprint density at radius 2 is 1.44 bits per heavy atom. The normalized spacial score (nSPS) is 29.1. The van der Waals surface area contributed by atoms with Crippen LogP contribution in [0.1, 0.15) is 50.5 Å². The number of rotatable bonds is 6. The van der Waals surface area contributed by atoms with Crippen LogP contribution in [0.3, 0.4) is 0 Å². The SMILES string of the molecule is O=C(CC12CC3CC(CC(C3)C1)C2)Nc1ccc(N2CCN(C(=O)/C=C/c3ccccc3)CC2)cc1. The van der Waals surface area contributed by atoms with Crippen LogP contribution in [-0.4, -0.2) is 42.9 Å². The number of piperazine rings is 1. The number of nitrogens with one attached hydrogen (secondary N) is 1. The summed E-state index contributed by atoms with van der Waals surface area (Å²) < 4.78 is 0. The highest BCUT2D eigenvalue weighted by Crippen LogP contribution is 2.61. The zero-order chi connectivity index (χ0) is 24.5. The highest BCUT2D eigenvalue weighted by Gasteiger charge is 2.51. The highest BCUT2D eigenvalue weighted by molar-refractivity contribution is 5.92. The zero-order valence-corrected chi connectivity index (χ0v) is 21.1. The number of nitrogens with zero attached hydrogens (tertiary/aromatic N) is 2. The molecule has 0 aromatic heterocycles. The van der Waals surface area contributed by atoms with E-state index < -0.39 is 0 Å². The molecule has 2 aromatic carbocycles. The van der Waals surface area contributed by atoms with Crippen LogP contribution in [0.25, 0.3) is 6.08 Å². The summed E-state index contributed by atoms with van der Waals surface area (Å²) in [6, 6.07) is 18.1. The van der Waals surface area contributed by atoms with Crippen LogP contribution >= 0.6 is 0 Å². The molecule has 5 heteroatoms. The van der Waals surface area contributed by atoms with Gasteiger partial charge in [0.15, 0.2) is 0 Å². The molecular formula is C31H37N3O2. The molecule has 0 spiro atoms. The third-order valence-corrected chi connectivity index (χ3v) is 9.03. The molecular weight excluding hydrogens is 446 g/mol. The molecule has 7 rings (SSSR count). The summed E-state index contributed by atoms with van der Waals surface area (Å²) in [7, 11) is 0. The Labute approximate surface area is 214 Å². The van der Waals surface area contributed by atoms with Gasteiger partial charge in [0.1, 0.15) is 0 Å². The minimum Gasteiger partial charge on any atom is -0.368 e. The topological polar surface area (TPSA) is 52.7 Å². The van der Waals surface area contributed by atoms with E-state index in [1.807, 2.05) is 53.4 Å². The lowest BCUT2D eigenvalue weighted by atomic mass is 9.49. The quantitative estimate of drug-likeness (QED) is 0.545. The largest absolute Gasteiger partial charge is 0.368 e. The predicted molar refractivity (Wildman–Crippen MR) is 145 cm³/mol. The first-order chi connectivity index (χ1) is 17.5. The van der Waals surface area contributed by atoms with E-state index >= 15 is 0 Å². The van der Waals surface area contributed by atoms with Gasteiger partial charge in [0, 0.05) is 50.1 Å². The second kappa shape index (κ2) is 9.76. The van der Waals surface area contributed by atoms with Crippen LogP contribution < -0.4 is 10.2 Å². The fourth-order valence-electron chi connectivity index (χ4n) is 7.83. The number of carbonyl (C=O) groups excluding carboxylic acids is 2. The van der Waals surface area contributed by atoms with Crippen molar-refractivity contribution in [1.29, 1.82) is 0 Å². The molecule has 1 N–H and O–H groups in total. The van der Waals surface area contributed by atoms with Gasteiger partial charge in [-0.25, -0.2) is 0 Å². The van der Waals surface area contributed by atoms with Gasteiger partial charge >= 0.3 is 0 Å². The summed E-state index contributed by atoms with van der Waals surface area (Å²) in [5.41, 5.74) is 3.33. The molecule has 5 aliphatic rings. The van der Waals surface area contributed by atoms with Crippen molar-refractivity contribution in [2.75, 3.05) is 36.4 Å². The van der Waals surface area contributed by atoms with Crippen molar-refractivity contribution >= 4 is 29.3 Å². The van der Waals surface area contributed by atoms with Gasteiger partial charge in [-0.2, -0.15) is 0 Å². The number of anilines is 2. The Morgan fingerprint density at radius 3 is 2.06 bits per heavy atom. The Hall–Kier alpha value is -3.08. The summed E-state index contributed by atoms with van der Waals surface area (Å²) in [5.74, 6) is 2.87. The molecule has 1 heterocycles. The van der Waals surface area contributed by atoms with E-state index in [1.54, 1.807) is 6.08 Å². The van der Waals surface area contributed by atoms with Crippen molar-refractivity contribution < 1.29 is 9.59 Å². The van der Waals surface area contributed by atoms with Gasteiger partial charge in [-0.15, -0.1) is 0 Å². The van der Waals surface area contributed by atoms with Crippen molar-refractivity contribution in [2.24, 2.45) is 23.2 Å². The van der Waals surface area contributed by atoms with Gasteiger partial charge in [0.25, 0.3) is 0 Å². The van der Waals surface area contributed by atoms with Crippen LogP contribution in [-0.2, 0) is 9.59 Å². The molecule has 2 aromatic rings. The smallest absolute Gasteiger partial charge is 0.246 e. The number of carbonyl (C=O) groups is 2. The van der Waals surface area contributed by atoms with Crippen molar-refractivity contribution in [1.82, 2.24) is 4.90 Å². The lowest BCUT2D eigenvalue weighted by molar-refractivity contribution is -0.126. The van der Waals surface area contributed by atoms with Gasteiger partial charge in [-0.3, -0.25) is 9.59 Å². The molecule has 2 amide bonds. The third-order valence-electron chi connectivity index (χ3n) is 9.03. The summed E-state index contributed by atoms with van der Waals surface area (Å²) in [6.07, 6.45) is 12.3. The van der Waals surface area contributed by atoms with E-state index in [0.29, 0.717) is 19.5 Å². The number of hydrogen-bond acceptors (Lipinski definition) is 3. The van der Waals surface area contributed by atoms with Crippen molar-refractivity contribution in [3.05, 3.63) is 66.2 Å². The molecule has 188 valence electrons. The first kappa shape index (κ1) is 23.3. The third kappa shape index (κ3) is 5.07. The Morgan fingerprint density at radius 1 is 0.833 bits per heavy atom. The maximum absolute atomic E-state index is 13.0. The van der Waals surface area contributed by atoms with E-state index in [2.05, 4.69) is 22.3 Å². The summed E-state index contributed by atoms with van der Waals surface area (Å²) in [5, 5.41) is 3.18. The van der Waals surface area contributed by atoms with Gasteiger partial charge in [0.2, 0.25) is 11.8 Å². The van der Waals surface area contributed by atoms with Gasteiger partial charge < -0.3 is 15.1 Å². The van der Waals surface area contributed by atoms with Gasteiger partial charge in [-0.05, 0) is 97.6 Å². The average Bonchev–Trinajstić information content (AvgIpc) is 2.87. The van der Waals surface area contributed by atoms with Crippen LogP contribution in [0.5, 0.6) is 0 Å². The molecule has 4 bridgehead atoms. The molecule has 0 unspecified atom stereocenters. The van der Waals surface area contributed by atoms with E-state index in [0.717, 1.165) is 47.8 Å². The maximum Gasteiger partial charge on any atom is 0.246 e. The highest BCUT2D eigenvalue weighted by atomic mass is 16.2. The first-order valence-electron chi connectivity index (χ1n) is 13.7. The molecule has 5 nitrogen and oxygen atoms in total. The molecule has 36 heavy (non-hydrogen) atoms. The molecule has 4 saturated carbocycles. The monoisotopic (exact) mass is 483 g/mol. The van der Waals surface area contributed by atoms with Crippen LogP contribution in [0.15, 0.2) is 60.7 Å². The molecule has 5 fully saturated rings. The van der Waals surface area contributed by atoms with Crippen LogP contribution in [0.4, 0.5) is 11.4 Å². The number of hydrogen-bond donors (Lipinski definition) is 1. The van der Waals surface area contributed by atoms with Crippen molar-refractivity contribution in [3.8, 4) is 0 Å².